The third-order valence-corrected chi connectivity index (χ3v) is 4.29. The third-order valence-electron chi connectivity index (χ3n) is 4.29. The fourth-order valence-electron chi connectivity index (χ4n) is 3.12. The van der Waals surface area contributed by atoms with E-state index in [1.165, 1.54) is 17.7 Å². The van der Waals surface area contributed by atoms with Crippen LogP contribution in [-0.4, -0.2) is 29.7 Å². The Balaban J connectivity index is 1.69. The predicted molar refractivity (Wildman–Crippen MR) is 81.0 cm³/mol. The molecule has 0 saturated carbocycles. The van der Waals surface area contributed by atoms with Crippen LogP contribution in [0.2, 0.25) is 0 Å². The number of benzene rings is 1. The number of ether oxygens (including phenoxy) is 1. The summed E-state index contributed by atoms with van der Waals surface area (Å²) in [5.74, 6) is 1.62. The highest BCUT2D eigenvalue weighted by Crippen LogP contribution is 2.33. The van der Waals surface area contributed by atoms with E-state index in [2.05, 4.69) is 53.0 Å². The van der Waals surface area contributed by atoms with Gasteiger partial charge in [-0.3, -0.25) is 4.90 Å². The highest BCUT2D eigenvalue weighted by atomic mass is 16.5. The first-order chi connectivity index (χ1) is 9.78. The van der Waals surface area contributed by atoms with Gasteiger partial charge in [-0.2, -0.15) is 0 Å². The van der Waals surface area contributed by atoms with Gasteiger partial charge in [0.25, 0.3) is 0 Å². The molecule has 1 aliphatic heterocycles. The normalized spacial score (nSPS) is 19.4. The van der Waals surface area contributed by atoms with E-state index in [4.69, 9.17) is 4.74 Å². The summed E-state index contributed by atoms with van der Waals surface area (Å²) < 4.78 is 7.70. The number of nitrogens with zero attached hydrogens (tertiary/aromatic N) is 2. The van der Waals surface area contributed by atoms with Crippen molar-refractivity contribution in [1.82, 2.24) is 9.47 Å². The van der Waals surface area contributed by atoms with Crippen LogP contribution in [0.4, 0.5) is 0 Å². The van der Waals surface area contributed by atoms with Crippen molar-refractivity contribution < 1.29 is 4.74 Å². The summed E-state index contributed by atoms with van der Waals surface area (Å²) in [6.45, 7) is 3.31. The van der Waals surface area contributed by atoms with Crippen molar-refractivity contribution in [3.8, 4) is 5.75 Å². The van der Waals surface area contributed by atoms with Gasteiger partial charge in [0.05, 0.1) is 7.11 Å². The van der Waals surface area contributed by atoms with Crippen molar-refractivity contribution in [3.05, 3.63) is 53.9 Å². The number of likely N-dealkylation sites (tertiary alicyclic amines) is 1. The molecule has 0 spiro atoms. The third kappa shape index (κ3) is 2.59. The van der Waals surface area contributed by atoms with Crippen LogP contribution in [-0.2, 0) is 13.6 Å². The molecule has 2 aromatic rings. The zero-order valence-electron chi connectivity index (χ0n) is 12.2. The van der Waals surface area contributed by atoms with Crippen LogP contribution in [0.3, 0.4) is 0 Å². The van der Waals surface area contributed by atoms with Gasteiger partial charge in [-0.05, 0) is 36.7 Å². The molecule has 3 heteroatoms. The first-order valence-corrected chi connectivity index (χ1v) is 7.23. The standard InChI is InChI=1S/C17H22N2O/c1-18-10-5-6-15(18)13-19-11-9-14(12-19)16-7-3-4-8-17(16)20-2/h3-8,10,14H,9,11-13H2,1-2H3/t14-/m1/s1. The van der Waals surface area contributed by atoms with E-state index in [1.54, 1.807) is 7.11 Å². The molecule has 0 unspecified atom stereocenters. The molecule has 0 amide bonds. The van der Waals surface area contributed by atoms with Crippen LogP contribution < -0.4 is 4.74 Å². The maximum absolute atomic E-state index is 5.50. The molecule has 20 heavy (non-hydrogen) atoms. The summed E-state index contributed by atoms with van der Waals surface area (Å²) in [4.78, 5) is 2.53. The van der Waals surface area contributed by atoms with E-state index in [0.717, 1.165) is 25.4 Å². The molecule has 0 bridgehead atoms. The van der Waals surface area contributed by atoms with Gasteiger partial charge in [-0.25, -0.2) is 0 Å². The number of methoxy groups -OCH3 is 1. The molecule has 1 saturated heterocycles. The summed E-state index contributed by atoms with van der Waals surface area (Å²) in [6, 6.07) is 12.7. The van der Waals surface area contributed by atoms with Crippen molar-refractivity contribution in [3.63, 3.8) is 0 Å². The lowest BCUT2D eigenvalue weighted by atomic mass is 9.97. The van der Waals surface area contributed by atoms with Gasteiger partial charge in [0.2, 0.25) is 0 Å². The van der Waals surface area contributed by atoms with Crippen LogP contribution >= 0.6 is 0 Å². The average Bonchev–Trinajstić information content (AvgIpc) is 3.09. The molecule has 1 aromatic heterocycles. The molecule has 1 fully saturated rings. The van der Waals surface area contributed by atoms with Crippen LogP contribution in [0.5, 0.6) is 5.75 Å². The molecule has 0 radical (unpaired) electrons. The van der Waals surface area contributed by atoms with Gasteiger partial charge in [0, 0.05) is 37.9 Å². The van der Waals surface area contributed by atoms with Crippen LogP contribution in [0.15, 0.2) is 42.6 Å². The summed E-state index contributed by atoms with van der Waals surface area (Å²) in [5, 5.41) is 0. The molecule has 1 aliphatic rings. The highest BCUT2D eigenvalue weighted by molar-refractivity contribution is 5.37. The molecule has 1 aromatic carbocycles. The van der Waals surface area contributed by atoms with Gasteiger partial charge in [0.1, 0.15) is 5.75 Å². The predicted octanol–water partition coefficient (Wildman–Crippen LogP) is 3.02. The second kappa shape index (κ2) is 5.71. The second-order valence-electron chi connectivity index (χ2n) is 5.57. The van der Waals surface area contributed by atoms with Gasteiger partial charge in [-0.1, -0.05) is 18.2 Å². The fraction of sp³-hybridized carbons (Fsp3) is 0.412. The Morgan fingerprint density at radius 1 is 1.20 bits per heavy atom. The van der Waals surface area contributed by atoms with E-state index in [-0.39, 0.29) is 0 Å². The highest BCUT2D eigenvalue weighted by Gasteiger charge is 2.26. The second-order valence-corrected chi connectivity index (χ2v) is 5.57. The quantitative estimate of drug-likeness (QED) is 0.849. The van der Waals surface area contributed by atoms with Gasteiger partial charge >= 0.3 is 0 Å². The molecule has 0 aliphatic carbocycles. The first-order valence-electron chi connectivity index (χ1n) is 7.23. The first kappa shape index (κ1) is 13.3. The van der Waals surface area contributed by atoms with Crippen molar-refractivity contribution >= 4 is 0 Å². The Kier molecular flexibility index (Phi) is 3.79. The van der Waals surface area contributed by atoms with Crippen LogP contribution in [0, 0.1) is 0 Å². The number of aromatic nitrogens is 1. The lowest BCUT2D eigenvalue weighted by Gasteiger charge is -2.18. The zero-order chi connectivity index (χ0) is 13.9. The Hall–Kier alpha value is -1.74. The summed E-state index contributed by atoms with van der Waals surface area (Å²) in [7, 11) is 3.87. The van der Waals surface area contributed by atoms with E-state index < -0.39 is 0 Å². The zero-order valence-corrected chi connectivity index (χ0v) is 12.2. The molecule has 2 heterocycles. The lowest BCUT2D eigenvalue weighted by molar-refractivity contribution is 0.318. The number of para-hydroxylation sites is 1. The van der Waals surface area contributed by atoms with E-state index in [1.807, 2.05) is 6.07 Å². The fourth-order valence-corrected chi connectivity index (χ4v) is 3.12. The Bertz CT molecular complexity index is 576. The van der Waals surface area contributed by atoms with Gasteiger partial charge < -0.3 is 9.30 Å². The molecule has 106 valence electrons. The molecule has 1 atom stereocenters. The minimum absolute atomic E-state index is 0.589. The monoisotopic (exact) mass is 270 g/mol. The average molecular weight is 270 g/mol. The number of rotatable bonds is 4. The lowest BCUT2D eigenvalue weighted by Crippen LogP contribution is -2.21. The maximum Gasteiger partial charge on any atom is 0.122 e. The molecule has 0 N–H and O–H groups in total. The molecule has 3 rings (SSSR count). The summed E-state index contributed by atoms with van der Waals surface area (Å²) in [6.07, 6.45) is 3.33. The maximum atomic E-state index is 5.50. The minimum atomic E-state index is 0.589. The molecule has 3 nitrogen and oxygen atoms in total. The number of aryl methyl sites for hydroxylation is 1. The minimum Gasteiger partial charge on any atom is -0.496 e. The smallest absolute Gasteiger partial charge is 0.122 e. The topological polar surface area (TPSA) is 17.4 Å². The number of hydrogen-bond acceptors (Lipinski definition) is 2. The van der Waals surface area contributed by atoms with E-state index in [9.17, 15) is 0 Å². The van der Waals surface area contributed by atoms with Crippen molar-refractivity contribution in [1.29, 1.82) is 0 Å². The Labute approximate surface area is 120 Å². The van der Waals surface area contributed by atoms with Crippen LogP contribution in [0.1, 0.15) is 23.6 Å². The van der Waals surface area contributed by atoms with Crippen molar-refractivity contribution in [2.75, 3.05) is 20.2 Å². The van der Waals surface area contributed by atoms with E-state index >= 15 is 0 Å². The SMILES string of the molecule is COc1ccccc1[C@@H]1CCN(Cc2cccn2C)C1. The van der Waals surface area contributed by atoms with Crippen LogP contribution in [0.25, 0.3) is 0 Å². The van der Waals surface area contributed by atoms with Gasteiger partial charge in [0.15, 0.2) is 0 Å². The molecular formula is C17H22N2O. The van der Waals surface area contributed by atoms with E-state index in [0.29, 0.717) is 5.92 Å². The number of hydrogen-bond donors (Lipinski definition) is 0. The summed E-state index contributed by atoms with van der Waals surface area (Å²) in [5.41, 5.74) is 2.73. The largest absolute Gasteiger partial charge is 0.496 e. The molecular weight excluding hydrogens is 248 g/mol. The Morgan fingerprint density at radius 2 is 2.05 bits per heavy atom. The van der Waals surface area contributed by atoms with Crippen molar-refractivity contribution in [2.45, 2.75) is 18.9 Å². The van der Waals surface area contributed by atoms with Gasteiger partial charge in [-0.15, -0.1) is 0 Å². The van der Waals surface area contributed by atoms with Crippen molar-refractivity contribution in [2.24, 2.45) is 7.05 Å². The Morgan fingerprint density at radius 3 is 2.80 bits per heavy atom. The summed E-state index contributed by atoms with van der Waals surface area (Å²) >= 11 is 0.